The third-order valence-corrected chi connectivity index (χ3v) is 4.68. The summed E-state index contributed by atoms with van der Waals surface area (Å²) in [5.74, 6) is 0. The predicted octanol–water partition coefficient (Wildman–Crippen LogP) is 3.19. The van der Waals surface area contributed by atoms with Crippen LogP contribution in [0.4, 0.5) is 0 Å². The van der Waals surface area contributed by atoms with Gasteiger partial charge in [-0.3, -0.25) is 0 Å². The molecule has 0 saturated heterocycles. The highest BCUT2D eigenvalue weighted by Gasteiger charge is 2.28. The average molecular weight is 240 g/mol. The summed E-state index contributed by atoms with van der Waals surface area (Å²) in [6.45, 7) is 5.54. The van der Waals surface area contributed by atoms with Crippen LogP contribution in [0.25, 0.3) is 0 Å². The van der Waals surface area contributed by atoms with Crippen LogP contribution in [0.5, 0.6) is 0 Å². The van der Waals surface area contributed by atoms with Crippen LogP contribution in [0.1, 0.15) is 46.0 Å². The van der Waals surface area contributed by atoms with Crippen LogP contribution in [0.2, 0.25) is 0 Å². The zero-order chi connectivity index (χ0) is 12.0. The van der Waals surface area contributed by atoms with Crippen molar-refractivity contribution in [3.8, 4) is 6.07 Å². The van der Waals surface area contributed by atoms with E-state index in [1.807, 2.05) is 11.8 Å². The van der Waals surface area contributed by atoms with Gasteiger partial charge in [0.05, 0.1) is 6.07 Å². The molecule has 3 heteroatoms. The third-order valence-electron chi connectivity index (χ3n) is 3.51. The van der Waals surface area contributed by atoms with Gasteiger partial charge in [0, 0.05) is 24.3 Å². The van der Waals surface area contributed by atoms with Gasteiger partial charge in [-0.05, 0) is 30.9 Å². The normalized spacial score (nSPS) is 25.6. The van der Waals surface area contributed by atoms with E-state index in [4.69, 9.17) is 5.26 Å². The summed E-state index contributed by atoms with van der Waals surface area (Å²) in [5, 5.41) is 13.1. The summed E-state index contributed by atoms with van der Waals surface area (Å²) in [6.07, 6.45) is 7.92. The van der Waals surface area contributed by atoms with E-state index in [2.05, 4.69) is 31.5 Å². The van der Waals surface area contributed by atoms with E-state index in [9.17, 15) is 0 Å². The summed E-state index contributed by atoms with van der Waals surface area (Å²) >= 11 is 1.99. The van der Waals surface area contributed by atoms with Gasteiger partial charge < -0.3 is 5.32 Å². The quantitative estimate of drug-likeness (QED) is 0.774. The lowest BCUT2D eigenvalue weighted by atomic mass is 9.87. The standard InChI is InChI=1S/C13H24N2S/c1-13(2,8-5-9-14)10-15-11-6-4-7-12(11)16-3/h11-12,15H,4-8,10H2,1-3H3. The molecular weight excluding hydrogens is 216 g/mol. The number of thioether (sulfide) groups is 1. The minimum absolute atomic E-state index is 0.251. The predicted molar refractivity (Wildman–Crippen MR) is 71.6 cm³/mol. The Labute approximate surface area is 104 Å². The van der Waals surface area contributed by atoms with Gasteiger partial charge in [-0.15, -0.1) is 0 Å². The molecule has 1 N–H and O–H groups in total. The average Bonchev–Trinajstić information content (AvgIpc) is 2.71. The Balaban J connectivity index is 2.30. The Morgan fingerprint density at radius 2 is 2.19 bits per heavy atom. The molecule has 92 valence electrons. The fourth-order valence-corrected chi connectivity index (χ4v) is 3.29. The zero-order valence-electron chi connectivity index (χ0n) is 10.8. The molecule has 16 heavy (non-hydrogen) atoms. The van der Waals surface area contributed by atoms with Crippen molar-refractivity contribution in [2.24, 2.45) is 5.41 Å². The maximum absolute atomic E-state index is 8.62. The van der Waals surface area contributed by atoms with Gasteiger partial charge in [0.2, 0.25) is 0 Å². The van der Waals surface area contributed by atoms with Gasteiger partial charge >= 0.3 is 0 Å². The first kappa shape index (κ1) is 13.9. The van der Waals surface area contributed by atoms with Crippen molar-refractivity contribution < 1.29 is 0 Å². The summed E-state index contributed by atoms with van der Waals surface area (Å²) in [4.78, 5) is 0. The SMILES string of the molecule is CSC1CCCC1NCC(C)(C)CCC#N. The molecule has 0 aromatic carbocycles. The van der Waals surface area contributed by atoms with Gasteiger partial charge in [0.15, 0.2) is 0 Å². The highest BCUT2D eigenvalue weighted by Crippen LogP contribution is 2.29. The fourth-order valence-electron chi connectivity index (χ4n) is 2.33. The van der Waals surface area contributed by atoms with Crippen molar-refractivity contribution in [1.82, 2.24) is 5.32 Å². The molecule has 2 nitrogen and oxygen atoms in total. The number of nitrogens with one attached hydrogen (secondary N) is 1. The lowest BCUT2D eigenvalue weighted by molar-refractivity contribution is 0.301. The van der Waals surface area contributed by atoms with Crippen molar-refractivity contribution in [2.75, 3.05) is 12.8 Å². The molecule has 0 heterocycles. The van der Waals surface area contributed by atoms with E-state index in [0.29, 0.717) is 12.5 Å². The number of nitrogens with zero attached hydrogens (tertiary/aromatic N) is 1. The molecule has 1 aliphatic carbocycles. The Kier molecular flexibility index (Phi) is 5.64. The first-order chi connectivity index (χ1) is 7.59. The molecule has 1 fully saturated rings. The summed E-state index contributed by atoms with van der Waals surface area (Å²) in [6, 6.07) is 2.93. The van der Waals surface area contributed by atoms with Crippen molar-refractivity contribution >= 4 is 11.8 Å². The van der Waals surface area contributed by atoms with Crippen LogP contribution < -0.4 is 5.32 Å². The molecule has 0 bridgehead atoms. The van der Waals surface area contributed by atoms with E-state index in [1.54, 1.807) is 0 Å². The molecule has 0 radical (unpaired) electrons. The molecule has 0 aromatic rings. The monoisotopic (exact) mass is 240 g/mol. The van der Waals surface area contributed by atoms with Crippen LogP contribution in [-0.4, -0.2) is 24.1 Å². The van der Waals surface area contributed by atoms with Crippen molar-refractivity contribution in [3.05, 3.63) is 0 Å². The van der Waals surface area contributed by atoms with E-state index in [1.165, 1.54) is 19.3 Å². The minimum atomic E-state index is 0.251. The minimum Gasteiger partial charge on any atom is -0.312 e. The molecule has 2 unspecified atom stereocenters. The molecule has 0 aromatic heterocycles. The number of hydrogen-bond acceptors (Lipinski definition) is 3. The largest absolute Gasteiger partial charge is 0.312 e. The number of hydrogen-bond donors (Lipinski definition) is 1. The summed E-state index contributed by atoms with van der Waals surface area (Å²) in [5.41, 5.74) is 0.251. The molecule has 1 aliphatic rings. The summed E-state index contributed by atoms with van der Waals surface area (Å²) in [7, 11) is 0. The van der Waals surface area contributed by atoms with Crippen LogP contribution >= 0.6 is 11.8 Å². The molecule has 0 spiro atoms. The first-order valence-corrected chi connectivity index (χ1v) is 7.51. The second-order valence-electron chi connectivity index (χ2n) is 5.51. The van der Waals surface area contributed by atoms with Gasteiger partial charge in [-0.1, -0.05) is 20.3 Å². The van der Waals surface area contributed by atoms with E-state index < -0.39 is 0 Å². The van der Waals surface area contributed by atoms with E-state index in [-0.39, 0.29) is 5.41 Å². The smallest absolute Gasteiger partial charge is 0.0621 e. The van der Waals surface area contributed by atoms with Gasteiger partial charge in [0.25, 0.3) is 0 Å². The Bertz CT molecular complexity index is 245. The Morgan fingerprint density at radius 3 is 2.81 bits per heavy atom. The van der Waals surface area contributed by atoms with Crippen LogP contribution in [0.15, 0.2) is 0 Å². The lowest BCUT2D eigenvalue weighted by Crippen LogP contribution is -2.40. The molecule has 0 amide bonds. The fraction of sp³-hybridized carbons (Fsp3) is 0.923. The van der Waals surface area contributed by atoms with Crippen molar-refractivity contribution in [1.29, 1.82) is 5.26 Å². The van der Waals surface area contributed by atoms with Gasteiger partial charge in [-0.25, -0.2) is 0 Å². The number of rotatable bonds is 6. The molecule has 1 rings (SSSR count). The number of nitriles is 1. The van der Waals surface area contributed by atoms with Crippen LogP contribution in [0, 0.1) is 16.7 Å². The highest BCUT2D eigenvalue weighted by molar-refractivity contribution is 7.99. The maximum atomic E-state index is 8.62. The summed E-state index contributed by atoms with van der Waals surface area (Å²) < 4.78 is 0. The van der Waals surface area contributed by atoms with Crippen molar-refractivity contribution in [3.63, 3.8) is 0 Å². The second-order valence-corrected chi connectivity index (χ2v) is 6.59. The first-order valence-electron chi connectivity index (χ1n) is 6.22. The topological polar surface area (TPSA) is 35.8 Å². The molecule has 2 atom stereocenters. The Morgan fingerprint density at radius 1 is 1.44 bits per heavy atom. The molecular formula is C13H24N2S. The third kappa shape index (κ3) is 4.35. The molecule has 1 saturated carbocycles. The van der Waals surface area contributed by atoms with Crippen molar-refractivity contribution in [2.45, 2.75) is 57.2 Å². The van der Waals surface area contributed by atoms with Crippen LogP contribution in [0.3, 0.4) is 0 Å². The van der Waals surface area contributed by atoms with Gasteiger partial charge in [0.1, 0.15) is 0 Å². The Hall–Kier alpha value is -0.200. The van der Waals surface area contributed by atoms with E-state index in [0.717, 1.165) is 18.2 Å². The highest BCUT2D eigenvalue weighted by atomic mass is 32.2. The maximum Gasteiger partial charge on any atom is 0.0621 e. The van der Waals surface area contributed by atoms with Crippen LogP contribution in [-0.2, 0) is 0 Å². The lowest BCUT2D eigenvalue weighted by Gasteiger charge is -2.28. The second kappa shape index (κ2) is 6.51. The van der Waals surface area contributed by atoms with Gasteiger partial charge in [-0.2, -0.15) is 17.0 Å². The zero-order valence-corrected chi connectivity index (χ0v) is 11.6. The van der Waals surface area contributed by atoms with E-state index >= 15 is 0 Å². The molecule has 0 aliphatic heterocycles.